The molecule has 36 heavy (non-hydrogen) atoms. The van der Waals surface area contributed by atoms with Crippen LogP contribution in [0, 0.1) is 22.2 Å². The SMILES string of the molecule is CCC(CC(C)(C)C#N)N1C(=O)C(CC)(CC(=O)O)CC(c2cccc(Cl)c2)C1c1ccc(Cl)cc1. The van der Waals surface area contributed by atoms with Gasteiger partial charge in [-0.1, -0.05) is 61.3 Å². The van der Waals surface area contributed by atoms with E-state index in [1.807, 2.05) is 81.1 Å². The second kappa shape index (κ2) is 11.2. The number of likely N-dealkylation sites (tertiary alicyclic amines) is 1. The molecule has 0 radical (unpaired) electrons. The van der Waals surface area contributed by atoms with Gasteiger partial charge in [-0.05, 0) is 74.9 Å². The van der Waals surface area contributed by atoms with E-state index in [0.29, 0.717) is 35.7 Å². The van der Waals surface area contributed by atoms with Crippen molar-refractivity contribution in [2.45, 2.75) is 77.8 Å². The second-order valence-corrected chi connectivity index (χ2v) is 11.4. The van der Waals surface area contributed by atoms with Crippen molar-refractivity contribution in [2.75, 3.05) is 0 Å². The zero-order valence-corrected chi connectivity index (χ0v) is 22.8. The van der Waals surface area contributed by atoms with Gasteiger partial charge in [0, 0.05) is 22.0 Å². The molecule has 1 heterocycles. The van der Waals surface area contributed by atoms with E-state index in [0.717, 1.165) is 11.1 Å². The Morgan fingerprint density at radius 2 is 1.83 bits per heavy atom. The summed E-state index contributed by atoms with van der Waals surface area (Å²) in [5.41, 5.74) is 0.158. The molecule has 2 aromatic rings. The van der Waals surface area contributed by atoms with Crippen molar-refractivity contribution < 1.29 is 14.7 Å². The van der Waals surface area contributed by atoms with Crippen LogP contribution in [0.4, 0.5) is 0 Å². The number of carboxylic acid groups (broad SMARTS) is 1. The summed E-state index contributed by atoms with van der Waals surface area (Å²) in [7, 11) is 0. The Morgan fingerprint density at radius 3 is 2.36 bits per heavy atom. The topological polar surface area (TPSA) is 81.4 Å². The van der Waals surface area contributed by atoms with Gasteiger partial charge in [0.1, 0.15) is 0 Å². The second-order valence-electron chi connectivity index (χ2n) is 10.5. The highest BCUT2D eigenvalue weighted by Gasteiger charge is 2.54. The number of benzene rings is 2. The largest absolute Gasteiger partial charge is 0.481 e. The summed E-state index contributed by atoms with van der Waals surface area (Å²) in [6.45, 7) is 7.65. The third-order valence-corrected chi connectivity index (χ3v) is 8.03. The lowest BCUT2D eigenvalue weighted by atomic mass is 9.64. The molecule has 1 saturated heterocycles. The molecule has 0 bridgehead atoms. The van der Waals surface area contributed by atoms with Crippen molar-refractivity contribution in [3.8, 4) is 6.07 Å². The number of hydrogen-bond acceptors (Lipinski definition) is 3. The van der Waals surface area contributed by atoms with Crippen molar-refractivity contribution >= 4 is 35.1 Å². The van der Waals surface area contributed by atoms with Crippen molar-refractivity contribution in [2.24, 2.45) is 10.8 Å². The van der Waals surface area contributed by atoms with Crippen LogP contribution in [0.5, 0.6) is 0 Å². The highest BCUT2D eigenvalue weighted by molar-refractivity contribution is 6.30. The highest BCUT2D eigenvalue weighted by Crippen LogP contribution is 2.54. The van der Waals surface area contributed by atoms with Crippen LogP contribution in [0.3, 0.4) is 0 Å². The summed E-state index contributed by atoms with van der Waals surface area (Å²) in [6, 6.07) is 16.8. The molecule has 1 amide bonds. The number of hydrogen-bond donors (Lipinski definition) is 1. The minimum Gasteiger partial charge on any atom is -0.481 e. The van der Waals surface area contributed by atoms with E-state index in [-0.39, 0.29) is 30.3 Å². The quantitative estimate of drug-likeness (QED) is 0.362. The van der Waals surface area contributed by atoms with E-state index in [1.54, 1.807) is 0 Å². The standard InChI is InChI=1S/C29H34Cl2N2O3/c1-5-23(15-28(3,4)18-32)33-26(19-10-12-21(30)13-11-19)24(20-8-7-9-22(31)14-20)16-29(6-2,27(33)36)17-25(34)35/h7-14,23-24,26H,5-6,15-17H2,1-4H3,(H,34,35). The Morgan fingerprint density at radius 1 is 1.17 bits per heavy atom. The fourth-order valence-electron chi connectivity index (χ4n) is 5.63. The van der Waals surface area contributed by atoms with Crippen molar-refractivity contribution in [3.05, 3.63) is 69.7 Å². The average Bonchev–Trinajstić information content (AvgIpc) is 2.84. The molecular formula is C29H34Cl2N2O3. The van der Waals surface area contributed by atoms with Gasteiger partial charge in [0.2, 0.25) is 5.91 Å². The number of rotatable bonds is 9. The molecule has 0 aromatic heterocycles. The molecule has 0 saturated carbocycles. The fourth-order valence-corrected chi connectivity index (χ4v) is 5.95. The maximum Gasteiger partial charge on any atom is 0.304 e. The Balaban J connectivity index is 2.29. The van der Waals surface area contributed by atoms with Crippen LogP contribution in [0.25, 0.3) is 0 Å². The van der Waals surface area contributed by atoms with Crippen molar-refractivity contribution in [3.63, 3.8) is 0 Å². The predicted molar refractivity (Wildman–Crippen MR) is 143 cm³/mol. The molecule has 192 valence electrons. The molecule has 0 spiro atoms. The highest BCUT2D eigenvalue weighted by atomic mass is 35.5. The number of aliphatic carboxylic acids is 1. The van der Waals surface area contributed by atoms with Crippen LogP contribution in [-0.4, -0.2) is 27.9 Å². The van der Waals surface area contributed by atoms with Crippen LogP contribution >= 0.6 is 23.2 Å². The molecule has 4 atom stereocenters. The van der Waals surface area contributed by atoms with Gasteiger partial charge in [0.25, 0.3) is 0 Å². The van der Waals surface area contributed by atoms with E-state index < -0.39 is 16.8 Å². The zero-order valence-electron chi connectivity index (χ0n) is 21.3. The third kappa shape index (κ3) is 5.88. The molecule has 3 rings (SSSR count). The minimum atomic E-state index is -1.06. The molecule has 1 fully saturated rings. The Bertz CT molecular complexity index is 1140. The zero-order chi connectivity index (χ0) is 26.7. The molecule has 4 unspecified atom stereocenters. The first-order valence-electron chi connectivity index (χ1n) is 12.4. The van der Waals surface area contributed by atoms with Gasteiger partial charge in [-0.15, -0.1) is 0 Å². The summed E-state index contributed by atoms with van der Waals surface area (Å²) in [6.07, 6.45) is 1.65. The molecule has 1 N–H and O–H groups in total. The van der Waals surface area contributed by atoms with E-state index >= 15 is 0 Å². The summed E-state index contributed by atoms with van der Waals surface area (Å²) in [5.74, 6) is -1.35. The van der Waals surface area contributed by atoms with Crippen LogP contribution in [0.1, 0.15) is 82.9 Å². The lowest BCUT2D eigenvalue weighted by Crippen LogP contribution is -2.57. The van der Waals surface area contributed by atoms with Crippen LogP contribution in [-0.2, 0) is 9.59 Å². The molecule has 2 aromatic carbocycles. The smallest absolute Gasteiger partial charge is 0.304 e. The van der Waals surface area contributed by atoms with E-state index in [1.165, 1.54) is 0 Å². The number of amides is 1. The Kier molecular flexibility index (Phi) is 8.75. The number of nitrogens with zero attached hydrogens (tertiary/aromatic N) is 2. The number of nitriles is 1. The monoisotopic (exact) mass is 528 g/mol. The predicted octanol–water partition coefficient (Wildman–Crippen LogP) is 7.64. The third-order valence-electron chi connectivity index (χ3n) is 7.55. The molecule has 1 aliphatic rings. The van der Waals surface area contributed by atoms with Crippen LogP contribution in [0.15, 0.2) is 48.5 Å². The summed E-state index contributed by atoms with van der Waals surface area (Å²) >= 11 is 12.6. The van der Waals surface area contributed by atoms with Gasteiger partial charge in [0.05, 0.1) is 29.4 Å². The fraction of sp³-hybridized carbons (Fsp3) is 0.483. The van der Waals surface area contributed by atoms with Gasteiger partial charge in [-0.25, -0.2) is 0 Å². The summed E-state index contributed by atoms with van der Waals surface area (Å²) in [4.78, 5) is 28.3. The van der Waals surface area contributed by atoms with Crippen LogP contribution < -0.4 is 0 Å². The first-order chi connectivity index (χ1) is 17.0. The summed E-state index contributed by atoms with van der Waals surface area (Å²) < 4.78 is 0. The maximum atomic E-state index is 14.4. The van der Waals surface area contributed by atoms with Gasteiger partial charge in [-0.2, -0.15) is 5.26 Å². The minimum absolute atomic E-state index is 0.161. The van der Waals surface area contributed by atoms with E-state index in [4.69, 9.17) is 23.2 Å². The van der Waals surface area contributed by atoms with E-state index in [2.05, 4.69) is 6.07 Å². The number of carbonyl (C=O) groups excluding carboxylic acids is 1. The summed E-state index contributed by atoms with van der Waals surface area (Å²) in [5, 5.41) is 20.8. The molecular weight excluding hydrogens is 495 g/mol. The normalized spacial score (nSPS) is 23.2. The van der Waals surface area contributed by atoms with Gasteiger partial charge in [-0.3, -0.25) is 9.59 Å². The number of carboxylic acids is 1. The average molecular weight is 530 g/mol. The van der Waals surface area contributed by atoms with Gasteiger partial charge in [0.15, 0.2) is 0 Å². The maximum absolute atomic E-state index is 14.4. The molecule has 1 aliphatic heterocycles. The van der Waals surface area contributed by atoms with E-state index in [9.17, 15) is 20.0 Å². The lowest BCUT2D eigenvalue weighted by Gasteiger charge is -2.53. The van der Waals surface area contributed by atoms with Gasteiger partial charge >= 0.3 is 5.97 Å². The lowest BCUT2D eigenvalue weighted by molar-refractivity contribution is -0.163. The number of halogens is 2. The molecule has 7 heteroatoms. The first kappa shape index (κ1) is 28.0. The molecule has 0 aliphatic carbocycles. The Labute approximate surface area is 224 Å². The van der Waals surface area contributed by atoms with Crippen molar-refractivity contribution in [1.29, 1.82) is 5.26 Å². The number of carbonyl (C=O) groups is 2. The Hall–Kier alpha value is -2.55. The molecule has 5 nitrogen and oxygen atoms in total. The van der Waals surface area contributed by atoms with Crippen molar-refractivity contribution in [1.82, 2.24) is 4.90 Å². The first-order valence-corrected chi connectivity index (χ1v) is 13.2. The van der Waals surface area contributed by atoms with Crippen LogP contribution in [0.2, 0.25) is 10.0 Å². The van der Waals surface area contributed by atoms with Gasteiger partial charge < -0.3 is 10.0 Å². The number of piperidine rings is 1.